The molecule has 1 aromatic carbocycles. The average molecular weight is 282 g/mol. The summed E-state index contributed by atoms with van der Waals surface area (Å²) in [6.45, 7) is 1.99. The molecule has 0 unspecified atom stereocenters. The Morgan fingerprint density at radius 2 is 2.00 bits per heavy atom. The minimum Gasteiger partial charge on any atom is -0.207 e. The van der Waals surface area contributed by atoms with Gasteiger partial charge in [0, 0.05) is 8.95 Å². The normalized spacial score (nSPS) is 10.2. The first kappa shape index (κ1) is 9.20. The molecule has 0 spiro atoms. The number of aryl methyl sites for hydroxylation is 1. The third-order valence-corrected chi connectivity index (χ3v) is 3.54. The van der Waals surface area contributed by atoms with Gasteiger partial charge >= 0.3 is 0 Å². The minimum absolute atomic E-state index is 0.197. The molecular formula is C8H7Br2F. The van der Waals surface area contributed by atoms with E-state index in [4.69, 9.17) is 0 Å². The van der Waals surface area contributed by atoms with Crippen LogP contribution in [0.15, 0.2) is 21.1 Å². The van der Waals surface area contributed by atoms with Crippen LogP contribution in [0.4, 0.5) is 4.39 Å². The second kappa shape index (κ2) is 3.68. The van der Waals surface area contributed by atoms with E-state index in [1.54, 1.807) is 0 Å². The van der Waals surface area contributed by atoms with Crippen LogP contribution < -0.4 is 0 Å². The zero-order valence-corrected chi connectivity index (χ0v) is 9.17. The van der Waals surface area contributed by atoms with E-state index in [-0.39, 0.29) is 5.82 Å². The van der Waals surface area contributed by atoms with E-state index in [1.807, 2.05) is 6.92 Å². The predicted molar refractivity (Wildman–Crippen MR) is 51.2 cm³/mol. The zero-order valence-electron chi connectivity index (χ0n) is 6.00. The number of hydrogen-bond donors (Lipinski definition) is 0. The Labute approximate surface area is 82.1 Å². The highest BCUT2D eigenvalue weighted by Crippen LogP contribution is 2.28. The second-order valence-electron chi connectivity index (χ2n) is 2.21. The van der Waals surface area contributed by atoms with Crippen molar-refractivity contribution in [1.82, 2.24) is 0 Å². The molecule has 0 heterocycles. The number of benzene rings is 1. The van der Waals surface area contributed by atoms with Crippen LogP contribution in [0.1, 0.15) is 12.5 Å². The highest BCUT2D eigenvalue weighted by atomic mass is 79.9. The standard InChI is InChI=1S/C8H7Br2F/c1-2-5-3-6(11)4-7(9)8(5)10/h3-4H,2H2,1H3. The molecule has 0 radical (unpaired) electrons. The van der Waals surface area contributed by atoms with Crippen molar-refractivity contribution in [2.75, 3.05) is 0 Å². The summed E-state index contributed by atoms with van der Waals surface area (Å²) in [5.74, 6) is -0.197. The van der Waals surface area contributed by atoms with Gasteiger partial charge in [-0.1, -0.05) is 6.92 Å². The molecule has 0 saturated heterocycles. The summed E-state index contributed by atoms with van der Waals surface area (Å²) in [7, 11) is 0. The predicted octanol–water partition coefficient (Wildman–Crippen LogP) is 3.91. The van der Waals surface area contributed by atoms with Crippen molar-refractivity contribution in [2.45, 2.75) is 13.3 Å². The Balaban J connectivity index is 3.24. The van der Waals surface area contributed by atoms with Gasteiger partial charge < -0.3 is 0 Å². The number of rotatable bonds is 1. The highest BCUT2D eigenvalue weighted by molar-refractivity contribution is 9.13. The van der Waals surface area contributed by atoms with Gasteiger partial charge in [-0.25, -0.2) is 4.39 Å². The van der Waals surface area contributed by atoms with Crippen molar-refractivity contribution in [3.05, 3.63) is 32.5 Å². The molecule has 1 rings (SSSR count). The lowest BCUT2D eigenvalue weighted by molar-refractivity contribution is 0.624. The van der Waals surface area contributed by atoms with Gasteiger partial charge in [0.25, 0.3) is 0 Å². The topological polar surface area (TPSA) is 0 Å². The minimum atomic E-state index is -0.197. The van der Waals surface area contributed by atoms with Gasteiger partial charge in [0.1, 0.15) is 5.82 Å². The maximum atomic E-state index is 12.7. The largest absolute Gasteiger partial charge is 0.207 e. The number of hydrogen-bond acceptors (Lipinski definition) is 0. The molecule has 0 nitrogen and oxygen atoms in total. The molecule has 0 amide bonds. The van der Waals surface area contributed by atoms with Gasteiger partial charge in [-0.15, -0.1) is 0 Å². The SMILES string of the molecule is CCc1cc(F)cc(Br)c1Br. The fraction of sp³-hybridized carbons (Fsp3) is 0.250. The summed E-state index contributed by atoms with van der Waals surface area (Å²) in [5, 5.41) is 0. The Bertz CT molecular complexity index is 271. The third-order valence-electron chi connectivity index (χ3n) is 1.45. The fourth-order valence-electron chi connectivity index (χ4n) is 0.867. The van der Waals surface area contributed by atoms with Gasteiger partial charge in [0.15, 0.2) is 0 Å². The quantitative estimate of drug-likeness (QED) is 0.685. The zero-order chi connectivity index (χ0) is 8.43. The molecule has 0 aliphatic rings. The van der Waals surface area contributed by atoms with Gasteiger partial charge in [-0.3, -0.25) is 0 Å². The van der Waals surface area contributed by atoms with Crippen molar-refractivity contribution in [1.29, 1.82) is 0 Å². The molecule has 3 heteroatoms. The van der Waals surface area contributed by atoms with Crippen LogP contribution in [0, 0.1) is 5.82 Å². The average Bonchev–Trinajstić information content (AvgIpc) is 1.96. The molecule has 0 bridgehead atoms. The number of halogens is 3. The maximum absolute atomic E-state index is 12.7. The molecule has 0 aliphatic carbocycles. The summed E-state index contributed by atoms with van der Waals surface area (Å²) in [4.78, 5) is 0. The monoisotopic (exact) mass is 280 g/mol. The molecule has 0 N–H and O–H groups in total. The van der Waals surface area contributed by atoms with Crippen LogP contribution in [-0.2, 0) is 6.42 Å². The van der Waals surface area contributed by atoms with Crippen LogP contribution in [0.2, 0.25) is 0 Å². The van der Waals surface area contributed by atoms with E-state index < -0.39 is 0 Å². The summed E-state index contributed by atoms with van der Waals surface area (Å²) in [6, 6.07) is 2.98. The van der Waals surface area contributed by atoms with Crippen LogP contribution >= 0.6 is 31.9 Å². The third kappa shape index (κ3) is 2.03. The van der Waals surface area contributed by atoms with Crippen molar-refractivity contribution < 1.29 is 4.39 Å². The van der Waals surface area contributed by atoms with Crippen LogP contribution in [0.5, 0.6) is 0 Å². The van der Waals surface area contributed by atoms with Gasteiger partial charge in [0.05, 0.1) is 0 Å². The van der Waals surface area contributed by atoms with Gasteiger partial charge in [-0.05, 0) is 56.0 Å². The van der Waals surface area contributed by atoms with E-state index >= 15 is 0 Å². The summed E-state index contributed by atoms with van der Waals surface area (Å²) >= 11 is 6.61. The Hall–Kier alpha value is 0.110. The first-order valence-corrected chi connectivity index (χ1v) is 4.87. The molecule has 11 heavy (non-hydrogen) atoms. The van der Waals surface area contributed by atoms with Crippen molar-refractivity contribution in [3.63, 3.8) is 0 Å². The summed E-state index contributed by atoms with van der Waals surface area (Å²) in [6.07, 6.45) is 0.830. The second-order valence-corrected chi connectivity index (χ2v) is 3.86. The molecule has 0 atom stereocenters. The molecule has 0 aromatic heterocycles. The molecule has 60 valence electrons. The first-order chi connectivity index (χ1) is 5.15. The molecule has 0 saturated carbocycles. The van der Waals surface area contributed by atoms with E-state index in [0.29, 0.717) is 0 Å². The Morgan fingerprint density at radius 3 is 2.55 bits per heavy atom. The van der Waals surface area contributed by atoms with Crippen LogP contribution in [-0.4, -0.2) is 0 Å². The molecule has 0 aliphatic heterocycles. The van der Waals surface area contributed by atoms with Crippen LogP contribution in [0.25, 0.3) is 0 Å². The molecule has 1 aromatic rings. The lowest BCUT2D eigenvalue weighted by atomic mass is 10.2. The van der Waals surface area contributed by atoms with Crippen molar-refractivity contribution >= 4 is 31.9 Å². The lowest BCUT2D eigenvalue weighted by Gasteiger charge is -2.02. The van der Waals surface area contributed by atoms with E-state index in [2.05, 4.69) is 31.9 Å². The lowest BCUT2D eigenvalue weighted by Crippen LogP contribution is -1.86. The van der Waals surface area contributed by atoms with E-state index in [1.165, 1.54) is 12.1 Å². The fourth-order valence-corrected chi connectivity index (χ4v) is 1.85. The smallest absolute Gasteiger partial charge is 0.124 e. The molecule has 0 fully saturated rings. The van der Waals surface area contributed by atoms with Crippen molar-refractivity contribution in [2.24, 2.45) is 0 Å². The Kier molecular flexibility index (Phi) is 3.07. The summed E-state index contributed by atoms with van der Waals surface area (Å²) in [5.41, 5.74) is 0.983. The van der Waals surface area contributed by atoms with Crippen molar-refractivity contribution in [3.8, 4) is 0 Å². The first-order valence-electron chi connectivity index (χ1n) is 3.28. The summed E-state index contributed by atoms with van der Waals surface area (Å²) < 4.78 is 14.5. The van der Waals surface area contributed by atoms with E-state index in [9.17, 15) is 4.39 Å². The Morgan fingerprint density at radius 1 is 1.36 bits per heavy atom. The van der Waals surface area contributed by atoms with Gasteiger partial charge in [0.2, 0.25) is 0 Å². The maximum Gasteiger partial charge on any atom is 0.124 e. The molecular weight excluding hydrogens is 275 g/mol. The van der Waals surface area contributed by atoms with E-state index in [0.717, 1.165) is 20.9 Å². The van der Waals surface area contributed by atoms with Crippen LogP contribution in [0.3, 0.4) is 0 Å². The van der Waals surface area contributed by atoms with Gasteiger partial charge in [-0.2, -0.15) is 0 Å². The highest BCUT2D eigenvalue weighted by Gasteiger charge is 2.04.